The molecule has 0 aliphatic carbocycles. The van der Waals surface area contributed by atoms with E-state index < -0.39 is 0 Å². The minimum absolute atomic E-state index is 0.602. The molecule has 4 heterocycles. The lowest BCUT2D eigenvalue weighted by Crippen LogP contribution is -2.21. The van der Waals surface area contributed by atoms with E-state index in [2.05, 4.69) is 22.4 Å². The molecule has 3 atom stereocenters. The van der Waals surface area contributed by atoms with E-state index in [1.165, 1.54) is 24.3 Å². The Balaban J connectivity index is 1.74. The average Bonchev–Trinajstić information content (AvgIpc) is 3.07. The summed E-state index contributed by atoms with van der Waals surface area (Å²) in [6.45, 7) is 2.09. The zero-order chi connectivity index (χ0) is 11.4. The fourth-order valence-electron chi connectivity index (χ4n) is 3.14. The maximum atomic E-state index is 4.71. The molecule has 5 nitrogen and oxygen atoms in total. The molecule has 4 rings (SSSR count). The number of hydrogen-bond donors (Lipinski definition) is 1. The summed E-state index contributed by atoms with van der Waals surface area (Å²) in [6, 6.07) is 1.37. The highest BCUT2D eigenvalue weighted by molar-refractivity contribution is 7.16. The van der Waals surface area contributed by atoms with Crippen molar-refractivity contribution in [3.63, 3.8) is 0 Å². The van der Waals surface area contributed by atoms with Crippen molar-refractivity contribution < 1.29 is 0 Å². The Kier molecular flexibility index (Phi) is 2.05. The molecule has 2 aliphatic rings. The van der Waals surface area contributed by atoms with Crippen LogP contribution in [0.3, 0.4) is 0 Å². The van der Waals surface area contributed by atoms with E-state index in [9.17, 15) is 0 Å². The van der Waals surface area contributed by atoms with Crippen LogP contribution in [0.4, 0.5) is 0 Å². The summed E-state index contributed by atoms with van der Waals surface area (Å²) in [6.07, 6.45) is 4.77. The predicted octanol–water partition coefficient (Wildman–Crippen LogP) is 1.36. The van der Waals surface area contributed by atoms with E-state index in [-0.39, 0.29) is 0 Å². The third kappa shape index (κ3) is 1.37. The van der Waals surface area contributed by atoms with Crippen LogP contribution in [-0.2, 0) is 6.42 Å². The third-order valence-electron chi connectivity index (χ3n) is 4.00. The summed E-state index contributed by atoms with van der Waals surface area (Å²) in [4.78, 5) is 0.944. The first-order valence-electron chi connectivity index (χ1n) is 6.32. The lowest BCUT2D eigenvalue weighted by Gasteiger charge is -2.16. The standard InChI is InChI=1S/C11H15N5S/c1-2-9-13-14-11-16(9)15-10(17-11)7-5-6-3-4-8(7)12-6/h6-8,12H,2-5H2,1H3. The van der Waals surface area contributed by atoms with Gasteiger partial charge in [-0.3, -0.25) is 0 Å². The first kappa shape index (κ1) is 9.96. The van der Waals surface area contributed by atoms with Gasteiger partial charge >= 0.3 is 0 Å². The van der Waals surface area contributed by atoms with Crippen molar-refractivity contribution in [3.05, 3.63) is 10.8 Å². The Morgan fingerprint density at radius 1 is 1.41 bits per heavy atom. The van der Waals surface area contributed by atoms with Crippen molar-refractivity contribution in [3.8, 4) is 0 Å². The minimum Gasteiger partial charge on any atom is -0.311 e. The molecule has 90 valence electrons. The van der Waals surface area contributed by atoms with Gasteiger partial charge in [0.2, 0.25) is 4.96 Å². The fraction of sp³-hybridized carbons (Fsp3) is 0.727. The minimum atomic E-state index is 0.602. The van der Waals surface area contributed by atoms with E-state index in [0.29, 0.717) is 12.0 Å². The molecule has 2 aliphatic heterocycles. The molecular formula is C11H15N5S. The Morgan fingerprint density at radius 3 is 3.06 bits per heavy atom. The van der Waals surface area contributed by atoms with Gasteiger partial charge < -0.3 is 5.32 Å². The topological polar surface area (TPSA) is 55.1 Å². The largest absolute Gasteiger partial charge is 0.311 e. The van der Waals surface area contributed by atoms with E-state index in [4.69, 9.17) is 5.10 Å². The summed E-state index contributed by atoms with van der Waals surface area (Å²) < 4.78 is 1.92. The summed E-state index contributed by atoms with van der Waals surface area (Å²) in [7, 11) is 0. The molecule has 6 heteroatoms. The molecule has 0 radical (unpaired) electrons. The third-order valence-corrected chi connectivity index (χ3v) is 5.04. The molecule has 3 unspecified atom stereocenters. The molecule has 0 aromatic carbocycles. The van der Waals surface area contributed by atoms with Crippen LogP contribution in [0.5, 0.6) is 0 Å². The van der Waals surface area contributed by atoms with Gasteiger partial charge in [0, 0.05) is 24.4 Å². The average molecular weight is 249 g/mol. The zero-order valence-corrected chi connectivity index (χ0v) is 10.6. The van der Waals surface area contributed by atoms with Crippen LogP contribution < -0.4 is 5.32 Å². The molecule has 2 bridgehead atoms. The van der Waals surface area contributed by atoms with Crippen molar-refractivity contribution in [1.82, 2.24) is 25.1 Å². The number of nitrogens with one attached hydrogen (secondary N) is 1. The SMILES string of the molecule is CCc1nnc2sc(C3CC4CCC3N4)nn12. The van der Waals surface area contributed by atoms with Gasteiger partial charge in [-0.2, -0.15) is 9.61 Å². The smallest absolute Gasteiger partial charge is 0.234 e. The number of hydrogen-bond acceptors (Lipinski definition) is 5. The van der Waals surface area contributed by atoms with Crippen LogP contribution in [-0.4, -0.2) is 31.9 Å². The summed E-state index contributed by atoms with van der Waals surface area (Å²) in [5.74, 6) is 1.57. The van der Waals surface area contributed by atoms with E-state index in [1.54, 1.807) is 11.3 Å². The van der Waals surface area contributed by atoms with Gasteiger partial charge in [-0.15, -0.1) is 10.2 Å². The quantitative estimate of drug-likeness (QED) is 0.873. The molecule has 0 spiro atoms. The highest BCUT2D eigenvalue weighted by atomic mass is 32.1. The fourth-order valence-corrected chi connectivity index (χ4v) is 4.18. The highest BCUT2D eigenvalue weighted by Gasteiger charge is 2.41. The van der Waals surface area contributed by atoms with Crippen LogP contribution >= 0.6 is 11.3 Å². The van der Waals surface area contributed by atoms with Gasteiger partial charge in [-0.25, -0.2) is 0 Å². The first-order chi connectivity index (χ1) is 8.35. The molecule has 2 aromatic heterocycles. The van der Waals surface area contributed by atoms with Crippen LogP contribution in [0.2, 0.25) is 0 Å². The summed E-state index contributed by atoms with van der Waals surface area (Å²) >= 11 is 1.71. The number of nitrogens with zero attached hydrogens (tertiary/aromatic N) is 4. The molecule has 0 saturated carbocycles. The lowest BCUT2D eigenvalue weighted by atomic mass is 9.90. The lowest BCUT2D eigenvalue weighted by molar-refractivity contribution is 0.500. The Labute approximate surface area is 103 Å². The predicted molar refractivity (Wildman–Crippen MR) is 65.3 cm³/mol. The molecule has 1 N–H and O–H groups in total. The highest BCUT2D eigenvalue weighted by Crippen LogP contribution is 2.41. The number of aryl methyl sites for hydroxylation is 1. The second-order valence-electron chi connectivity index (χ2n) is 4.99. The van der Waals surface area contributed by atoms with Gasteiger partial charge in [0.1, 0.15) is 5.01 Å². The number of aromatic nitrogens is 4. The Hall–Kier alpha value is -1.01. The van der Waals surface area contributed by atoms with Crippen molar-refractivity contribution >= 4 is 16.3 Å². The van der Waals surface area contributed by atoms with E-state index in [1.807, 2.05) is 4.52 Å². The van der Waals surface area contributed by atoms with Crippen LogP contribution in [0.25, 0.3) is 4.96 Å². The van der Waals surface area contributed by atoms with Crippen molar-refractivity contribution in [2.45, 2.75) is 50.6 Å². The molecule has 2 saturated heterocycles. The van der Waals surface area contributed by atoms with Gasteiger partial charge in [-0.1, -0.05) is 18.3 Å². The van der Waals surface area contributed by atoms with Crippen molar-refractivity contribution in [1.29, 1.82) is 0 Å². The van der Waals surface area contributed by atoms with Crippen LogP contribution in [0.15, 0.2) is 0 Å². The van der Waals surface area contributed by atoms with Crippen LogP contribution in [0.1, 0.15) is 42.9 Å². The number of fused-ring (bicyclic) bond motifs is 3. The summed E-state index contributed by atoms with van der Waals surface area (Å²) in [5.41, 5.74) is 0. The molecule has 17 heavy (non-hydrogen) atoms. The van der Waals surface area contributed by atoms with Gasteiger partial charge in [-0.05, 0) is 19.3 Å². The Bertz CT molecular complexity index is 559. The maximum Gasteiger partial charge on any atom is 0.234 e. The monoisotopic (exact) mass is 249 g/mol. The zero-order valence-electron chi connectivity index (χ0n) is 9.76. The van der Waals surface area contributed by atoms with Crippen molar-refractivity contribution in [2.75, 3.05) is 0 Å². The van der Waals surface area contributed by atoms with Crippen molar-refractivity contribution in [2.24, 2.45) is 0 Å². The van der Waals surface area contributed by atoms with E-state index >= 15 is 0 Å². The van der Waals surface area contributed by atoms with Gasteiger partial charge in [0.25, 0.3) is 0 Å². The Morgan fingerprint density at radius 2 is 2.35 bits per heavy atom. The van der Waals surface area contributed by atoms with Gasteiger partial charge in [0.15, 0.2) is 5.82 Å². The molecule has 0 amide bonds. The second kappa shape index (κ2) is 3.49. The second-order valence-corrected chi connectivity index (χ2v) is 5.98. The first-order valence-corrected chi connectivity index (χ1v) is 7.14. The van der Waals surface area contributed by atoms with Crippen LogP contribution in [0, 0.1) is 0 Å². The normalized spacial score (nSPS) is 31.7. The molecule has 2 aromatic rings. The molecular weight excluding hydrogens is 234 g/mol. The van der Waals surface area contributed by atoms with Gasteiger partial charge in [0.05, 0.1) is 0 Å². The van der Waals surface area contributed by atoms with E-state index in [0.717, 1.165) is 23.2 Å². The maximum absolute atomic E-state index is 4.71. The number of rotatable bonds is 2. The summed E-state index contributed by atoms with van der Waals surface area (Å²) in [5, 5.41) is 17.9. The molecule has 2 fully saturated rings.